The minimum absolute atomic E-state index is 0.131. The summed E-state index contributed by atoms with van der Waals surface area (Å²) in [6.45, 7) is 0.346. The third-order valence-electron chi connectivity index (χ3n) is 4.12. The van der Waals surface area contributed by atoms with Gasteiger partial charge in [-0.15, -0.1) is 0 Å². The van der Waals surface area contributed by atoms with Crippen LogP contribution >= 0.6 is 27.5 Å². The minimum atomic E-state index is -0.131. The molecule has 3 rings (SSSR count). The van der Waals surface area contributed by atoms with Crippen molar-refractivity contribution in [2.24, 2.45) is 0 Å². The van der Waals surface area contributed by atoms with E-state index in [0.29, 0.717) is 34.4 Å². The molecule has 0 heterocycles. The number of methoxy groups -OCH3 is 1. The fraction of sp³-hybridized carbons (Fsp3) is 0.0870. The van der Waals surface area contributed by atoms with Gasteiger partial charge in [0.05, 0.1) is 11.6 Å². The molecule has 148 valence electrons. The Labute approximate surface area is 183 Å². The smallest absolute Gasteiger partial charge is 0.185 e. The van der Waals surface area contributed by atoms with E-state index < -0.39 is 0 Å². The predicted molar refractivity (Wildman–Crippen MR) is 121 cm³/mol. The Morgan fingerprint density at radius 2 is 1.93 bits per heavy atom. The Morgan fingerprint density at radius 3 is 2.66 bits per heavy atom. The molecule has 0 fully saturated rings. The lowest BCUT2D eigenvalue weighted by molar-refractivity contribution is 0.104. The minimum Gasteiger partial charge on any atom is -0.493 e. The number of halogens is 2. The van der Waals surface area contributed by atoms with E-state index in [1.807, 2.05) is 30.3 Å². The topological polar surface area (TPSA) is 61.5 Å². The number of hydrogen-bond acceptors (Lipinski definition) is 4. The zero-order valence-electron chi connectivity index (χ0n) is 15.7. The van der Waals surface area contributed by atoms with Crippen molar-refractivity contribution >= 4 is 45.1 Å². The van der Waals surface area contributed by atoms with Crippen molar-refractivity contribution in [2.45, 2.75) is 6.61 Å². The lowest BCUT2D eigenvalue weighted by Crippen LogP contribution is -1.99. The monoisotopic (exact) mass is 471 g/mol. The summed E-state index contributed by atoms with van der Waals surface area (Å²) in [6.07, 6.45) is 3.22. The van der Waals surface area contributed by atoms with E-state index in [9.17, 15) is 4.79 Å². The third kappa shape index (κ3) is 5.62. The van der Waals surface area contributed by atoms with Gasteiger partial charge in [0, 0.05) is 16.3 Å². The molecule has 0 spiro atoms. The van der Waals surface area contributed by atoms with Crippen LogP contribution in [0.2, 0.25) is 5.02 Å². The van der Waals surface area contributed by atoms with Crippen LogP contribution in [0.1, 0.15) is 21.5 Å². The molecule has 3 aromatic carbocycles. The molecule has 3 aromatic rings. The first-order valence-electron chi connectivity index (χ1n) is 8.79. The van der Waals surface area contributed by atoms with Gasteiger partial charge in [-0.25, -0.2) is 0 Å². The zero-order chi connectivity index (χ0) is 20.8. The summed E-state index contributed by atoms with van der Waals surface area (Å²) in [5.41, 5.74) is 8.56. The van der Waals surface area contributed by atoms with Gasteiger partial charge >= 0.3 is 0 Å². The molecule has 0 aliphatic rings. The highest BCUT2D eigenvalue weighted by Gasteiger charge is 2.12. The van der Waals surface area contributed by atoms with Gasteiger partial charge in [-0.1, -0.05) is 41.9 Å². The number of rotatable bonds is 7. The highest BCUT2D eigenvalue weighted by molar-refractivity contribution is 9.10. The molecule has 0 unspecified atom stereocenters. The fourth-order valence-corrected chi connectivity index (χ4v) is 3.51. The summed E-state index contributed by atoms with van der Waals surface area (Å²) < 4.78 is 12.1. The number of carbonyl (C=O) groups excluding carboxylic acids is 1. The number of carbonyl (C=O) groups is 1. The van der Waals surface area contributed by atoms with Gasteiger partial charge in [0.2, 0.25) is 0 Å². The Kier molecular flexibility index (Phi) is 6.96. The molecular weight excluding hydrogens is 454 g/mol. The van der Waals surface area contributed by atoms with E-state index in [4.69, 9.17) is 26.8 Å². The number of hydrogen-bond donors (Lipinski definition) is 1. The fourth-order valence-electron chi connectivity index (χ4n) is 2.72. The normalized spacial score (nSPS) is 10.9. The van der Waals surface area contributed by atoms with Gasteiger partial charge in [-0.3, -0.25) is 4.79 Å². The molecule has 0 aliphatic carbocycles. The van der Waals surface area contributed by atoms with Gasteiger partial charge < -0.3 is 15.2 Å². The molecule has 0 bridgehead atoms. The van der Waals surface area contributed by atoms with Crippen LogP contribution in [0, 0.1) is 0 Å². The van der Waals surface area contributed by atoms with Crippen LogP contribution in [0.25, 0.3) is 6.08 Å². The standard InChI is InChI=1S/C23H19BrClNO3/c1-28-22-12-15(8-9-21(27)17-5-3-7-19(26)13-17)11-20(24)23(22)29-14-16-4-2-6-18(25)10-16/h2-13H,14,26H2,1H3. The maximum Gasteiger partial charge on any atom is 0.185 e. The molecule has 0 atom stereocenters. The summed E-state index contributed by atoms with van der Waals surface area (Å²) in [6, 6.07) is 18.0. The molecule has 0 aromatic heterocycles. The van der Waals surface area contributed by atoms with E-state index in [1.165, 1.54) is 6.08 Å². The highest BCUT2D eigenvalue weighted by atomic mass is 79.9. The maximum atomic E-state index is 12.3. The molecule has 0 amide bonds. The quantitative estimate of drug-likeness (QED) is 0.254. The Morgan fingerprint density at radius 1 is 1.14 bits per heavy atom. The first kappa shape index (κ1) is 21.0. The van der Waals surface area contributed by atoms with Gasteiger partial charge in [0.25, 0.3) is 0 Å². The largest absolute Gasteiger partial charge is 0.493 e. The van der Waals surface area contributed by atoms with E-state index in [0.717, 1.165) is 15.6 Å². The highest BCUT2D eigenvalue weighted by Crippen LogP contribution is 2.37. The van der Waals surface area contributed by atoms with Crippen LogP contribution in [0.5, 0.6) is 11.5 Å². The molecule has 0 aliphatic heterocycles. The van der Waals surface area contributed by atoms with E-state index >= 15 is 0 Å². The van der Waals surface area contributed by atoms with Crippen molar-refractivity contribution in [3.05, 3.63) is 92.9 Å². The van der Waals surface area contributed by atoms with Crippen molar-refractivity contribution in [3.8, 4) is 11.5 Å². The molecule has 0 radical (unpaired) electrons. The Hall–Kier alpha value is -2.76. The number of anilines is 1. The lowest BCUT2D eigenvalue weighted by Gasteiger charge is -2.14. The lowest BCUT2D eigenvalue weighted by atomic mass is 10.1. The molecule has 0 saturated heterocycles. The zero-order valence-corrected chi connectivity index (χ0v) is 18.0. The second kappa shape index (κ2) is 9.63. The van der Waals surface area contributed by atoms with Gasteiger partial charge in [-0.05, 0) is 69.5 Å². The average Bonchev–Trinajstić information content (AvgIpc) is 2.70. The molecule has 0 saturated carbocycles. The van der Waals surface area contributed by atoms with Crippen molar-refractivity contribution < 1.29 is 14.3 Å². The number of nitrogen functional groups attached to an aromatic ring is 1. The van der Waals surface area contributed by atoms with Crippen molar-refractivity contribution in [1.29, 1.82) is 0 Å². The maximum absolute atomic E-state index is 12.3. The van der Waals surface area contributed by atoms with Gasteiger partial charge in [-0.2, -0.15) is 0 Å². The number of benzene rings is 3. The number of nitrogens with two attached hydrogens (primary N) is 1. The molecule has 4 nitrogen and oxygen atoms in total. The summed E-state index contributed by atoms with van der Waals surface area (Å²) in [7, 11) is 1.57. The Balaban J connectivity index is 1.78. The molecular formula is C23H19BrClNO3. The van der Waals surface area contributed by atoms with Gasteiger partial charge in [0.15, 0.2) is 17.3 Å². The van der Waals surface area contributed by atoms with Crippen LogP contribution in [-0.4, -0.2) is 12.9 Å². The first-order valence-corrected chi connectivity index (χ1v) is 9.96. The summed E-state index contributed by atoms with van der Waals surface area (Å²) >= 11 is 9.54. The van der Waals surface area contributed by atoms with Crippen LogP contribution < -0.4 is 15.2 Å². The summed E-state index contributed by atoms with van der Waals surface area (Å²) in [4.78, 5) is 12.3. The Bertz CT molecular complexity index is 1070. The van der Waals surface area contributed by atoms with Crippen LogP contribution in [-0.2, 0) is 6.61 Å². The molecule has 2 N–H and O–H groups in total. The first-order chi connectivity index (χ1) is 14.0. The van der Waals surface area contributed by atoms with Gasteiger partial charge in [0.1, 0.15) is 6.61 Å². The van der Waals surface area contributed by atoms with E-state index in [1.54, 1.807) is 43.5 Å². The number of ketones is 1. The van der Waals surface area contributed by atoms with Crippen molar-refractivity contribution in [2.75, 3.05) is 12.8 Å². The third-order valence-corrected chi connectivity index (χ3v) is 4.95. The van der Waals surface area contributed by atoms with Crippen molar-refractivity contribution in [1.82, 2.24) is 0 Å². The van der Waals surface area contributed by atoms with E-state index in [2.05, 4.69) is 15.9 Å². The van der Waals surface area contributed by atoms with Crippen molar-refractivity contribution in [3.63, 3.8) is 0 Å². The second-order valence-electron chi connectivity index (χ2n) is 6.28. The SMILES string of the molecule is COc1cc(C=CC(=O)c2cccc(N)c2)cc(Br)c1OCc1cccc(Cl)c1. The summed E-state index contributed by atoms with van der Waals surface area (Å²) in [5.74, 6) is 0.998. The predicted octanol–water partition coefficient (Wildman–Crippen LogP) is 6.17. The van der Waals surface area contributed by atoms with Crippen LogP contribution in [0.4, 0.5) is 5.69 Å². The number of allylic oxidation sites excluding steroid dienone is 1. The molecule has 29 heavy (non-hydrogen) atoms. The summed E-state index contributed by atoms with van der Waals surface area (Å²) in [5, 5.41) is 0.655. The van der Waals surface area contributed by atoms with Crippen LogP contribution in [0.15, 0.2) is 71.2 Å². The van der Waals surface area contributed by atoms with E-state index in [-0.39, 0.29) is 5.78 Å². The van der Waals surface area contributed by atoms with Crippen LogP contribution in [0.3, 0.4) is 0 Å². The second-order valence-corrected chi connectivity index (χ2v) is 7.57. The number of ether oxygens (including phenoxy) is 2. The molecule has 6 heteroatoms. The average molecular weight is 473 g/mol.